The molecule has 0 aliphatic heterocycles. The molecule has 0 fully saturated rings. The first-order valence-electron chi connectivity index (χ1n) is 6.49. The van der Waals surface area contributed by atoms with Crippen LogP contribution in [0.15, 0.2) is 23.1 Å². The Morgan fingerprint density at radius 2 is 2.00 bits per heavy atom. The maximum Gasteiger partial charge on any atom is 0.339 e. The molecule has 0 amide bonds. The zero-order chi connectivity index (χ0) is 16.0. The smallest absolute Gasteiger partial charge is 0.339 e. The third kappa shape index (κ3) is 3.93. The second kappa shape index (κ2) is 7.39. The van der Waals surface area contributed by atoms with E-state index in [4.69, 9.17) is 14.9 Å². The molecule has 0 bridgehead atoms. The lowest BCUT2D eigenvalue weighted by atomic mass is 10.2. The van der Waals surface area contributed by atoms with E-state index >= 15 is 0 Å². The molecule has 2 N–H and O–H groups in total. The van der Waals surface area contributed by atoms with Crippen LogP contribution < -0.4 is 4.74 Å². The molecule has 21 heavy (non-hydrogen) atoms. The standard InChI is InChI=1S/C13H19NO6S/c1-3-14(7-8-15)21(18,19)10-5-6-12(20-4-2)11(9-10)13(16)17/h5-6,9,15H,3-4,7-8H2,1-2H3,(H,16,17). The average Bonchev–Trinajstić information content (AvgIpc) is 2.44. The van der Waals surface area contributed by atoms with Crippen LogP contribution >= 0.6 is 0 Å². The Balaban J connectivity index is 3.30. The predicted molar refractivity (Wildman–Crippen MR) is 76.1 cm³/mol. The van der Waals surface area contributed by atoms with E-state index in [1.807, 2.05) is 0 Å². The normalized spacial score (nSPS) is 11.6. The summed E-state index contributed by atoms with van der Waals surface area (Å²) < 4.78 is 31.0. The third-order valence-corrected chi connectivity index (χ3v) is 4.79. The maximum atomic E-state index is 12.4. The first kappa shape index (κ1) is 17.4. The fourth-order valence-corrected chi connectivity index (χ4v) is 3.29. The van der Waals surface area contributed by atoms with Crippen LogP contribution in [0.5, 0.6) is 5.75 Å². The van der Waals surface area contributed by atoms with Crippen LogP contribution in [0.3, 0.4) is 0 Å². The molecule has 1 rings (SSSR count). The topological polar surface area (TPSA) is 104 Å². The lowest BCUT2D eigenvalue weighted by molar-refractivity contribution is 0.0692. The SMILES string of the molecule is CCOc1ccc(S(=O)(=O)N(CC)CCO)cc1C(=O)O. The summed E-state index contributed by atoms with van der Waals surface area (Å²) in [5.74, 6) is -1.14. The van der Waals surface area contributed by atoms with Crippen molar-refractivity contribution >= 4 is 16.0 Å². The minimum absolute atomic E-state index is 0.0472. The van der Waals surface area contributed by atoms with E-state index in [-0.39, 0.29) is 42.5 Å². The van der Waals surface area contributed by atoms with Crippen molar-refractivity contribution in [2.24, 2.45) is 0 Å². The molecule has 0 saturated carbocycles. The van der Waals surface area contributed by atoms with Crippen molar-refractivity contribution in [3.63, 3.8) is 0 Å². The number of aliphatic hydroxyl groups excluding tert-OH is 1. The number of aromatic carboxylic acids is 1. The highest BCUT2D eigenvalue weighted by molar-refractivity contribution is 7.89. The number of sulfonamides is 1. The third-order valence-electron chi connectivity index (χ3n) is 2.82. The Morgan fingerprint density at radius 3 is 2.48 bits per heavy atom. The molecule has 0 aliphatic rings. The van der Waals surface area contributed by atoms with Crippen molar-refractivity contribution in [3.8, 4) is 5.75 Å². The quantitative estimate of drug-likeness (QED) is 0.734. The van der Waals surface area contributed by atoms with E-state index in [0.717, 1.165) is 10.4 Å². The molecule has 7 nitrogen and oxygen atoms in total. The minimum Gasteiger partial charge on any atom is -0.493 e. The molecule has 118 valence electrons. The first-order valence-corrected chi connectivity index (χ1v) is 7.93. The number of rotatable bonds is 8. The van der Waals surface area contributed by atoms with Crippen molar-refractivity contribution in [2.45, 2.75) is 18.7 Å². The van der Waals surface area contributed by atoms with Crippen LogP contribution in [0.25, 0.3) is 0 Å². The summed E-state index contributed by atoms with van der Waals surface area (Å²) in [7, 11) is -3.85. The molecule has 0 aliphatic carbocycles. The number of aliphatic hydroxyl groups is 1. The molecule has 1 aromatic rings. The van der Waals surface area contributed by atoms with E-state index < -0.39 is 16.0 Å². The molecule has 1 aromatic carbocycles. The number of ether oxygens (including phenoxy) is 1. The number of hydrogen-bond acceptors (Lipinski definition) is 5. The van der Waals surface area contributed by atoms with Gasteiger partial charge in [-0.05, 0) is 25.1 Å². The van der Waals surface area contributed by atoms with E-state index in [0.29, 0.717) is 0 Å². The monoisotopic (exact) mass is 317 g/mol. The van der Waals surface area contributed by atoms with Gasteiger partial charge in [0.15, 0.2) is 0 Å². The van der Waals surface area contributed by atoms with Crippen LogP contribution in [-0.2, 0) is 10.0 Å². The maximum absolute atomic E-state index is 12.4. The Morgan fingerprint density at radius 1 is 1.33 bits per heavy atom. The number of nitrogens with zero attached hydrogens (tertiary/aromatic N) is 1. The van der Waals surface area contributed by atoms with Crippen molar-refractivity contribution in [3.05, 3.63) is 23.8 Å². The summed E-state index contributed by atoms with van der Waals surface area (Å²) >= 11 is 0. The van der Waals surface area contributed by atoms with Crippen LogP contribution in [-0.4, -0.2) is 55.2 Å². The summed E-state index contributed by atoms with van der Waals surface area (Å²) in [6.45, 7) is 3.44. The summed E-state index contributed by atoms with van der Waals surface area (Å²) in [5.41, 5.74) is -0.210. The first-order chi connectivity index (χ1) is 9.88. The molecule has 0 unspecified atom stereocenters. The summed E-state index contributed by atoms with van der Waals surface area (Å²) in [6, 6.07) is 3.70. The number of carboxylic acids is 1. The van der Waals surface area contributed by atoms with Crippen molar-refractivity contribution in [1.29, 1.82) is 0 Å². The van der Waals surface area contributed by atoms with Gasteiger partial charge in [0.2, 0.25) is 10.0 Å². The van der Waals surface area contributed by atoms with Crippen molar-refractivity contribution in [1.82, 2.24) is 4.31 Å². The molecular formula is C13H19NO6S. The van der Waals surface area contributed by atoms with E-state index in [9.17, 15) is 13.2 Å². The molecule has 0 radical (unpaired) electrons. The molecule has 0 heterocycles. The summed E-state index contributed by atoms with van der Waals surface area (Å²) in [6.07, 6.45) is 0. The fraction of sp³-hybridized carbons (Fsp3) is 0.462. The van der Waals surface area contributed by atoms with Gasteiger partial charge in [-0.15, -0.1) is 0 Å². The summed E-state index contributed by atoms with van der Waals surface area (Å²) in [5, 5.41) is 18.1. The van der Waals surface area contributed by atoms with E-state index in [2.05, 4.69) is 0 Å². The van der Waals surface area contributed by atoms with Gasteiger partial charge in [0, 0.05) is 13.1 Å². The van der Waals surface area contributed by atoms with E-state index in [1.165, 1.54) is 12.1 Å². The number of carbonyl (C=O) groups is 1. The van der Waals surface area contributed by atoms with Gasteiger partial charge < -0.3 is 14.9 Å². The lowest BCUT2D eigenvalue weighted by Gasteiger charge is -2.20. The lowest BCUT2D eigenvalue weighted by Crippen LogP contribution is -2.33. The highest BCUT2D eigenvalue weighted by Gasteiger charge is 2.25. The van der Waals surface area contributed by atoms with E-state index in [1.54, 1.807) is 13.8 Å². The number of benzene rings is 1. The molecule has 0 spiro atoms. The summed E-state index contributed by atoms with van der Waals surface area (Å²) in [4.78, 5) is 11.1. The zero-order valence-electron chi connectivity index (χ0n) is 11.9. The Kier molecular flexibility index (Phi) is 6.13. The number of hydrogen-bond donors (Lipinski definition) is 2. The van der Waals surface area contributed by atoms with Crippen molar-refractivity contribution < 1.29 is 28.2 Å². The second-order valence-corrected chi connectivity index (χ2v) is 6.05. The van der Waals surface area contributed by atoms with Crippen LogP contribution in [0, 0.1) is 0 Å². The van der Waals surface area contributed by atoms with Gasteiger partial charge in [0.1, 0.15) is 11.3 Å². The highest BCUT2D eigenvalue weighted by Crippen LogP contribution is 2.24. The molecule has 8 heteroatoms. The van der Waals surface area contributed by atoms with Gasteiger partial charge in [-0.2, -0.15) is 4.31 Å². The van der Waals surface area contributed by atoms with Crippen LogP contribution in [0.1, 0.15) is 24.2 Å². The van der Waals surface area contributed by atoms with Gasteiger partial charge in [-0.1, -0.05) is 6.92 Å². The Bertz CT molecular complexity index is 599. The largest absolute Gasteiger partial charge is 0.493 e. The van der Waals surface area contributed by atoms with Crippen molar-refractivity contribution in [2.75, 3.05) is 26.3 Å². The predicted octanol–water partition coefficient (Wildman–Crippen LogP) is 0.786. The van der Waals surface area contributed by atoms with Gasteiger partial charge in [-0.25, -0.2) is 13.2 Å². The minimum atomic E-state index is -3.85. The second-order valence-electron chi connectivity index (χ2n) is 4.12. The molecular weight excluding hydrogens is 298 g/mol. The Labute approximate surface area is 123 Å². The van der Waals surface area contributed by atoms with Gasteiger partial charge in [-0.3, -0.25) is 0 Å². The Hall–Kier alpha value is -1.64. The van der Waals surface area contributed by atoms with Gasteiger partial charge >= 0.3 is 5.97 Å². The average molecular weight is 317 g/mol. The van der Waals surface area contributed by atoms with Gasteiger partial charge in [0.05, 0.1) is 18.1 Å². The fourth-order valence-electron chi connectivity index (χ4n) is 1.83. The zero-order valence-corrected chi connectivity index (χ0v) is 12.8. The molecule has 0 aromatic heterocycles. The van der Waals surface area contributed by atoms with Crippen LogP contribution in [0.2, 0.25) is 0 Å². The molecule has 0 atom stereocenters. The molecule has 0 saturated heterocycles. The number of carboxylic acid groups (broad SMARTS) is 1. The number of likely N-dealkylation sites (N-methyl/N-ethyl adjacent to an activating group) is 1. The van der Waals surface area contributed by atoms with Gasteiger partial charge in [0.25, 0.3) is 0 Å². The van der Waals surface area contributed by atoms with Crippen LogP contribution in [0.4, 0.5) is 0 Å². The highest BCUT2D eigenvalue weighted by atomic mass is 32.2.